The molecule has 1 fully saturated rings. The molecular weight excluding hydrogens is 312 g/mol. The van der Waals surface area contributed by atoms with Crippen LogP contribution in [0.4, 0.5) is 5.82 Å². The molecule has 0 bridgehead atoms. The summed E-state index contributed by atoms with van der Waals surface area (Å²) in [7, 11) is 0. The molecule has 1 unspecified atom stereocenters. The third-order valence-electron chi connectivity index (χ3n) is 4.53. The first-order chi connectivity index (χ1) is 12.3. The van der Waals surface area contributed by atoms with Crippen LogP contribution in [0, 0.1) is 0 Å². The molecule has 1 amide bonds. The molecule has 3 aromatic rings. The van der Waals surface area contributed by atoms with Crippen LogP contribution in [0.2, 0.25) is 0 Å². The lowest BCUT2D eigenvalue weighted by Crippen LogP contribution is -2.30. The molecule has 25 heavy (non-hydrogen) atoms. The van der Waals surface area contributed by atoms with Crippen molar-refractivity contribution in [1.82, 2.24) is 14.9 Å². The Labute approximate surface area is 146 Å². The Balaban J connectivity index is 1.38. The number of fused-ring (bicyclic) bond motifs is 1. The number of hydrogen-bond acceptors (Lipinski definition) is 4. The molecule has 2 aromatic carbocycles. The standard InChI is InChI=1S/C20H20N4O/c25-20-12-16(14-24(20)11-10-15-6-2-1-3-7-15)22-19-13-21-17-8-4-5-9-18(17)23-19/h1-9,13,16H,10-12,14H2,(H,22,23). The van der Waals surface area contributed by atoms with Crippen molar-refractivity contribution in [1.29, 1.82) is 0 Å². The van der Waals surface area contributed by atoms with E-state index in [1.165, 1.54) is 5.56 Å². The van der Waals surface area contributed by atoms with Gasteiger partial charge in [-0.15, -0.1) is 0 Å². The van der Waals surface area contributed by atoms with Crippen molar-refractivity contribution in [2.75, 3.05) is 18.4 Å². The smallest absolute Gasteiger partial charge is 0.224 e. The molecule has 4 rings (SSSR count). The van der Waals surface area contributed by atoms with Crippen molar-refractivity contribution in [3.8, 4) is 0 Å². The molecule has 1 N–H and O–H groups in total. The van der Waals surface area contributed by atoms with Crippen LogP contribution >= 0.6 is 0 Å². The summed E-state index contributed by atoms with van der Waals surface area (Å²) in [5.41, 5.74) is 2.99. The van der Waals surface area contributed by atoms with E-state index in [0.717, 1.165) is 29.8 Å². The molecule has 5 nitrogen and oxygen atoms in total. The topological polar surface area (TPSA) is 58.1 Å². The number of hydrogen-bond donors (Lipinski definition) is 1. The number of likely N-dealkylation sites (tertiary alicyclic amines) is 1. The summed E-state index contributed by atoms with van der Waals surface area (Å²) in [6, 6.07) is 18.1. The molecule has 1 atom stereocenters. The van der Waals surface area contributed by atoms with Crippen molar-refractivity contribution in [3.63, 3.8) is 0 Å². The highest BCUT2D eigenvalue weighted by atomic mass is 16.2. The zero-order chi connectivity index (χ0) is 17.1. The van der Waals surface area contributed by atoms with Gasteiger partial charge < -0.3 is 10.2 Å². The third-order valence-corrected chi connectivity index (χ3v) is 4.53. The molecule has 1 aromatic heterocycles. The van der Waals surface area contributed by atoms with Crippen LogP contribution in [0.1, 0.15) is 12.0 Å². The first-order valence-corrected chi connectivity index (χ1v) is 8.58. The van der Waals surface area contributed by atoms with Crippen LogP contribution in [0.3, 0.4) is 0 Å². The highest BCUT2D eigenvalue weighted by Crippen LogP contribution is 2.18. The number of benzene rings is 2. The van der Waals surface area contributed by atoms with E-state index < -0.39 is 0 Å². The van der Waals surface area contributed by atoms with Crippen LogP contribution in [0.25, 0.3) is 11.0 Å². The number of carbonyl (C=O) groups is 1. The van der Waals surface area contributed by atoms with Gasteiger partial charge in [-0.2, -0.15) is 0 Å². The van der Waals surface area contributed by atoms with Gasteiger partial charge in [0.2, 0.25) is 5.91 Å². The minimum Gasteiger partial charge on any atom is -0.364 e. The maximum atomic E-state index is 12.3. The Morgan fingerprint density at radius 2 is 1.80 bits per heavy atom. The van der Waals surface area contributed by atoms with E-state index in [-0.39, 0.29) is 11.9 Å². The molecular formula is C20H20N4O. The third kappa shape index (κ3) is 3.60. The molecule has 5 heteroatoms. The predicted molar refractivity (Wildman–Crippen MR) is 98.3 cm³/mol. The molecule has 1 aliphatic heterocycles. The lowest BCUT2D eigenvalue weighted by molar-refractivity contribution is -0.127. The van der Waals surface area contributed by atoms with E-state index in [1.807, 2.05) is 47.4 Å². The van der Waals surface area contributed by atoms with Crippen LogP contribution in [0.15, 0.2) is 60.8 Å². The summed E-state index contributed by atoms with van der Waals surface area (Å²) in [6.45, 7) is 1.46. The average molecular weight is 332 g/mol. The first-order valence-electron chi connectivity index (χ1n) is 8.58. The zero-order valence-corrected chi connectivity index (χ0v) is 13.9. The molecule has 0 aliphatic carbocycles. The Hall–Kier alpha value is -2.95. The minimum absolute atomic E-state index is 0.0822. The van der Waals surface area contributed by atoms with Crippen molar-refractivity contribution in [2.24, 2.45) is 0 Å². The maximum Gasteiger partial charge on any atom is 0.224 e. The van der Waals surface area contributed by atoms with Gasteiger partial charge in [0.1, 0.15) is 5.82 Å². The Morgan fingerprint density at radius 1 is 1.04 bits per heavy atom. The minimum atomic E-state index is 0.0822. The molecule has 126 valence electrons. The number of nitrogens with zero attached hydrogens (tertiary/aromatic N) is 3. The summed E-state index contributed by atoms with van der Waals surface area (Å²) in [5, 5.41) is 3.36. The van der Waals surface area contributed by atoms with Crippen LogP contribution in [0.5, 0.6) is 0 Å². The summed E-state index contributed by atoms with van der Waals surface area (Å²) in [6.07, 6.45) is 3.12. The number of aromatic nitrogens is 2. The molecule has 0 saturated carbocycles. The fraction of sp³-hybridized carbons (Fsp3) is 0.250. The van der Waals surface area contributed by atoms with Crippen molar-refractivity contribution in [2.45, 2.75) is 18.9 Å². The monoisotopic (exact) mass is 332 g/mol. The summed E-state index contributed by atoms with van der Waals surface area (Å²) < 4.78 is 0. The van der Waals surface area contributed by atoms with Crippen LogP contribution < -0.4 is 5.32 Å². The maximum absolute atomic E-state index is 12.3. The predicted octanol–water partition coefficient (Wildman–Crippen LogP) is 2.89. The summed E-state index contributed by atoms with van der Waals surface area (Å²) in [5.74, 6) is 0.920. The zero-order valence-electron chi connectivity index (χ0n) is 13.9. The molecule has 1 aliphatic rings. The van der Waals surface area contributed by atoms with Gasteiger partial charge in [0, 0.05) is 19.5 Å². The molecule has 2 heterocycles. The molecule has 0 spiro atoms. The van der Waals surface area contributed by atoms with E-state index in [4.69, 9.17) is 0 Å². The lowest BCUT2D eigenvalue weighted by atomic mass is 10.1. The number of rotatable bonds is 5. The lowest BCUT2D eigenvalue weighted by Gasteiger charge is -2.17. The average Bonchev–Trinajstić information content (AvgIpc) is 3.00. The highest BCUT2D eigenvalue weighted by molar-refractivity contribution is 5.80. The van der Waals surface area contributed by atoms with Gasteiger partial charge in [-0.3, -0.25) is 9.78 Å². The summed E-state index contributed by atoms with van der Waals surface area (Å²) in [4.78, 5) is 23.2. The van der Waals surface area contributed by atoms with Gasteiger partial charge in [-0.25, -0.2) is 4.98 Å². The van der Waals surface area contributed by atoms with Gasteiger partial charge in [0.15, 0.2) is 0 Å². The van der Waals surface area contributed by atoms with E-state index in [2.05, 4.69) is 27.4 Å². The second kappa shape index (κ2) is 6.89. The number of carbonyl (C=O) groups excluding carboxylic acids is 1. The highest BCUT2D eigenvalue weighted by Gasteiger charge is 2.29. The second-order valence-corrected chi connectivity index (χ2v) is 6.36. The van der Waals surface area contributed by atoms with E-state index >= 15 is 0 Å². The Bertz CT molecular complexity index is 881. The number of amides is 1. The number of para-hydroxylation sites is 2. The summed E-state index contributed by atoms with van der Waals surface area (Å²) >= 11 is 0. The number of nitrogens with one attached hydrogen (secondary N) is 1. The van der Waals surface area contributed by atoms with E-state index in [0.29, 0.717) is 13.0 Å². The first kappa shape index (κ1) is 15.6. The quantitative estimate of drug-likeness (QED) is 0.780. The fourth-order valence-electron chi connectivity index (χ4n) is 3.23. The van der Waals surface area contributed by atoms with Crippen LogP contribution in [-0.4, -0.2) is 39.9 Å². The van der Waals surface area contributed by atoms with Crippen molar-refractivity contribution >= 4 is 22.8 Å². The van der Waals surface area contributed by atoms with Gasteiger partial charge in [-0.05, 0) is 24.1 Å². The van der Waals surface area contributed by atoms with Gasteiger partial charge >= 0.3 is 0 Å². The Kier molecular flexibility index (Phi) is 4.29. The van der Waals surface area contributed by atoms with Crippen molar-refractivity contribution < 1.29 is 4.79 Å². The molecule has 1 saturated heterocycles. The second-order valence-electron chi connectivity index (χ2n) is 6.36. The van der Waals surface area contributed by atoms with Gasteiger partial charge in [0.05, 0.1) is 23.3 Å². The van der Waals surface area contributed by atoms with E-state index in [9.17, 15) is 4.79 Å². The largest absolute Gasteiger partial charge is 0.364 e. The SMILES string of the molecule is O=C1CC(Nc2cnc3ccccc3n2)CN1CCc1ccccc1. The number of anilines is 1. The van der Waals surface area contributed by atoms with E-state index in [1.54, 1.807) is 6.20 Å². The van der Waals surface area contributed by atoms with Gasteiger partial charge in [0.25, 0.3) is 0 Å². The van der Waals surface area contributed by atoms with Crippen LogP contribution in [-0.2, 0) is 11.2 Å². The molecule has 0 radical (unpaired) electrons. The fourth-order valence-corrected chi connectivity index (χ4v) is 3.23. The van der Waals surface area contributed by atoms with Gasteiger partial charge in [-0.1, -0.05) is 42.5 Å². The Morgan fingerprint density at radius 3 is 2.64 bits per heavy atom. The van der Waals surface area contributed by atoms with Crippen molar-refractivity contribution in [3.05, 3.63) is 66.4 Å². The normalized spacial score (nSPS) is 17.2.